The summed E-state index contributed by atoms with van der Waals surface area (Å²) in [6.07, 6.45) is 1.78. The van der Waals surface area contributed by atoms with Crippen molar-refractivity contribution in [3.8, 4) is 11.1 Å². The van der Waals surface area contributed by atoms with Gasteiger partial charge in [-0.05, 0) is 35.1 Å². The van der Waals surface area contributed by atoms with Gasteiger partial charge in [-0.1, -0.05) is 55.0 Å². The Morgan fingerprint density at radius 3 is 2.39 bits per heavy atom. The Bertz CT molecular complexity index is 1040. The van der Waals surface area contributed by atoms with Crippen LogP contribution in [0.15, 0.2) is 48.5 Å². The molecule has 2 aliphatic heterocycles. The molecule has 2 saturated heterocycles. The number of hydrogen-bond donors (Lipinski definition) is 2. The molecule has 0 saturated carbocycles. The molecular weight excluding hydrogens is 440 g/mol. The molecule has 33 heavy (non-hydrogen) atoms. The molecule has 1 aliphatic carbocycles. The molecule has 0 spiro atoms. The first-order chi connectivity index (χ1) is 16.0. The van der Waals surface area contributed by atoms with Crippen LogP contribution in [0.4, 0.5) is 9.59 Å². The van der Waals surface area contributed by atoms with E-state index in [4.69, 9.17) is 9.84 Å². The quantitative estimate of drug-likeness (QED) is 0.462. The number of rotatable bonds is 7. The summed E-state index contributed by atoms with van der Waals surface area (Å²) < 4.78 is 5.71. The lowest BCUT2D eigenvalue weighted by molar-refractivity contribution is -0.137. The van der Waals surface area contributed by atoms with Crippen LogP contribution in [0.5, 0.6) is 0 Å². The van der Waals surface area contributed by atoms with Crippen molar-refractivity contribution in [2.24, 2.45) is 0 Å². The largest absolute Gasteiger partial charge is 0.481 e. The number of carbonyl (C=O) groups excluding carboxylic acids is 2. The predicted molar refractivity (Wildman–Crippen MR) is 125 cm³/mol. The number of carboxylic acids is 1. The van der Waals surface area contributed by atoms with Crippen LogP contribution in [0.1, 0.15) is 42.7 Å². The molecule has 3 atom stereocenters. The highest BCUT2D eigenvalue weighted by Crippen LogP contribution is 2.44. The number of ether oxygens (including phenoxy) is 1. The second kappa shape index (κ2) is 9.09. The normalized spacial score (nSPS) is 23.1. The molecule has 5 rings (SSSR count). The zero-order valence-corrected chi connectivity index (χ0v) is 18.9. The first kappa shape index (κ1) is 21.8. The average molecular weight is 467 g/mol. The van der Waals surface area contributed by atoms with Crippen LogP contribution in [0.2, 0.25) is 0 Å². The number of carbonyl (C=O) groups is 3. The maximum Gasteiger partial charge on any atom is 0.418 e. The molecule has 2 N–H and O–H groups in total. The van der Waals surface area contributed by atoms with Crippen LogP contribution in [-0.2, 0) is 9.53 Å². The first-order valence-corrected chi connectivity index (χ1v) is 12.4. The molecule has 0 bridgehead atoms. The Balaban J connectivity index is 1.22. The van der Waals surface area contributed by atoms with Crippen molar-refractivity contribution in [1.29, 1.82) is 0 Å². The van der Waals surface area contributed by atoms with E-state index in [9.17, 15) is 14.4 Å². The Morgan fingerprint density at radius 2 is 1.73 bits per heavy atom. The van der Waals surface area contributed by atoms with Crippen molar-refractivity contribution in [2.75, 3.05) is 12.4 Å². The van der Waals surface area contributed by atoms with Crippen LogP contribution in [0.3, 0.4) is 0 Å². The van der Waals surface area contributed by atoms with Gasteiger partial charge in [0.05, 0.1) is 12.1 Å². The molecule has 0 aromatic heterocycles. The fourth-order valence-corrected chi connectivity index (χ4v) is 6.82. The summed E-state index contributed by atoms with van der Waals surface area (Å²) in [5.41, 5.74) is 4.58. The molecule has 2 heterocycles. The monoisotopic (exact) mass is 466 g/mol. The Hall–Kier alpha value is -3.00. The first-order valence-electron chi connectivity index (χ1n) is 11.3. The van der Waals surface area contributed by atoms with Gasteiger partial charge >= 0.3 is 18.1 Å². The van der Waals surface area contributed by atoms with Crippen LogP contribution in [0, 0.1) is 0 Å². The van der Waals surface area contributed by atoms with E-state index >= 15 is 0 Å². The van der Waals surface area contributed by atoms with Crippen molar-refractivity contribution in [2.45, 2.75) is 48.9 Å². The number of unbranched alkanes of at least 4 members (excludes halogenated alkanes) is 1. The van der Waals surface area contributed by atoms with Gasteiger partial charge in [-0.2, -0.15) is 11.8 Å². The summed E-state index contributed by atoms with van der Waals surface area (Å²) in [4.78, 5) is 37.6. The fourth-order valence-electron chi connectivity index (χ4n) is 5.23. The highest BCUT2D eigenvalue weighted by atomic mass is 32.2. The van der Waals surface area contributed by atoms with E-state index < -0.39 is 18.1 Å². The number of urea groups is 1. The highest BCUT2D eigenvalue weighted by Gasteiger charge is 2.51. The second-order valence-corrected chi connectivity index (χ2v) is 10.0. The van der Waals surface area contributed by atoms with Crippen molar-refractivity contribution < 1.29 is 24.2 Å². The summed E-state index contributed by atoms with van der Waals surface area (Å²) >= 11 is 1.73. The van der Waals surface area contributed by atoms with Gasteiger partial charge in [0, 0.05) is 23.3 Å². The summed E-state index contributed by atoms with van der Waals surface area (Å²) in [6, 6.07) is 15.5. The average Bonchev–Trinajstić information content (AvgIpc) is 3.45. The maximum atomic E-state index is 13.0. The molecule has 3 aliphatic rings. The van der Waals surface area contributed by atoms with Crippen LogP contribution in [0.25, 0.3) is 11.1 Å². The number of aliphatic carboxylic acids is 1. The van der Waals surface area contributed by atoms with Gasteiger partial charge in [-0.3, -0.25) is 4.79 Å². The van der Waals surface area contributed by atoms with Gasteiger partial charge in [0.15, 0.2) is 0 Å². The molecule has 2 aromatic carbocycles. The van der Waals surface area contributed by atoms with E-state index in [0.717, 1.165) is 35.1 Å². The summed E-state index contributed by atoms with van der Waals surface area (Å²) in [7, 11) is 0. The van der Waals surface area contributed by atoms with Crippen LogP contribution in [-0.4, -0.2) is 57.8 Å². The fraction of sp³-hybridized carbons (Fsp3) is 0.400. The number of benzene rings is 2. The SMILES string of the molecule is O=C(O)CCCC[C@@H]1SC[C@H]2[C@@H]1NC(=O)N2C(=O)OCC1c2ccccc2-c2ccccc21. The number of nitrogens with zero attached hydrogens (tertiary/aromatic N) is 1. The smallest absolute Gasteiger partial charge is 0.418 e. The molecule has 172 valence electrons. The van der Waals surface area contributed by atoms with Crippen molar-refractivity contribution >= 4 is 29.9 Å². The van der Waals surface area contributed by atoms with Crippen molar-refractivity contribution in [3.63, 3.8) is 0 Å². The summed E-state index contributed by atoms with van der Waals surface area (Å²) in [5, 5.41) is 11.9. The van der Waals surface area contributed by atoms with Gasteiger partial charge in [-0.25, -0.2) is 14.5 Å². The van der Waals surface area contributed by atoms with Gasteiger partial charge in [0.2, 0.25) is 0 Å². The lowest BCUT2D eigenvalue weighted by Crippen LogP contribution is -2.42. The molecule has 7 nitrogen and oxygen atoms in total. The number of nitrogens with one attached hydrogen (secondary N) is 1. The highest BCUT2D eigenvalue weighted by molar-refractivity contribution is 8.00. The van der Waals surface area contributed by atoms with E-state index in [2.05, 4.69) is 29.6 Å². The molecule has 2 aromatic rings. The summed E-state index contributed by atoms with van der Waals surface area (Å²) in [6.45, 7) is 0.180. The number of thioether (sulfide) groups is 1. The van der Waals surface area contributed by atoms with Crippen LogP contribution >= 0.6 is 11.8 Å². The molecule has 8 heteroatoms. The van der Waals surface area contributed by atoms with E-state index in [1.54, 1.807) is 11.8 Å². The standard InChI is InChI=1S/C25H26N2O5S/c28-22(29)12-6-5-11-21-23-20(14-33-21)27(24(30)26-23)25(31)32-13-19-17-9-3-1-7-15(17)16-8-2-4-10-18(16)19/h1-4,7-10,19-21,23H,5-6,11-14H2,(H,26,30)(H,28,29)/t20-,21-,23-/m0/s1. The van der Waals surface area contributed by atoms with Gasteiger partial charge in [0.25, 0.3) is 0 Å². The molecule has 2 fully saturated rings. The van der Waals surface area contributed by atoms with Gasteiger partial charge < -0.3 is 15.2 Å². The third-order valence-corrected chi connectivity index (χ3v) is 8.29. The Labute approximate surface area is 196 Å². The number of fused-ring (bicyclic) bond motifs is 4. The van der Waals surface area contributed by atoms with E-state index in [0.29, 0.717) is 12.2 Å². The Morgan fingerprint density at radius 1 is 1.06 bits per heavy atom. The lowest BCUT2D eigenvalue weighted by atomic mass is 9.98. The maximum absolute atomic E-state index is 13.0. The number of carboxylic acid groups (broad SMARTS) is 1. The molecular formula is C25H26N2O5S. The summed E-state index contributed by atoms with van der Waals surface area (Å²) in [5.74, 6) is -0.178. The Kier molecular flexibility index (Phi) is 6.01. The van der Waals surface area contributed by atoms with E-state index in [1.807, 2.05) is 24.3 Å². The van der Waals surface area contributed by atoms with Crippen LogP contribution < -0.4 is 5.32 Å². The number of amides is 3. The van der Waals surface area contributed by atoms with Gasteiger partial charge in [0.1, 0.15) is 6.61 Å². The third kappa shape index (κ3) is 4.08. The number of imide groups is 1. The third-order valence-electron chi connectivity index (χ3n) is 6.80. The minimum Gasteiger partial charge on any atom is -0.481 e. The van der Waals surface area contributed by atoms with Gasteiger partial charge in [-0.15, -0.1) is 0 Å². The minimum atomic E-state index is -0.789. The zero-order chi connectivity index (χ0) is 22.9. The number of hydrogen-bond acceptors (Lipinski definition) is 5. The molecule has 0 radical (unpaired) electrons. The molecule has 3 amide bonds. The predicted octanol–water partition coefficient (Wildman–Crippen LogP) is 4.46. The topological polar surface area (TPSA) is 95.9 Å². The van der Waals surface area contributed by atoms with E-state index in [1.165, 1.54) is 4.90 Å². The lowest BCUT2D eigenvalue weighted by Gasteiger charge is -2.21. The zero-order valence-electron chi connectivity index (χ0n) is 18.1. The minimum absolute atomic E-state index is 0.0530. The van der Waals surface area contributed by atoms with Crippen molar-refractivity contribution in [1.82, 2.24) is 10.2 Å². The van der Waals surface area contributed by atoms with Crippen molar-refractivity contribution in [3.05, 3.63) is 59.7 Å². The second-order valence-electron chi connectivity index (χ2n) is 8.73. The van der Waals surface area contributed by atoms with E-state index in [-0.39, 0.29) is 36.3 Å². The molecule has 0 unspecified atom stereocenters.